The molecule has 0 unspecified atom stereocenters. The van der Waals surface area contributed by atoms with Crippen LogP contribution in [0.25, 0.3) is 16.8 Å². The van der Waals surface area contributed by atoms with Crippen LogP contribution in [0.15, 0.2) is 87.8 Å². The lowest BCUT2D eigenvalue weighted by Crippen LogP contribution is -2.39. The molecule has 2 heterocycles. The van der Waals surface area contributed by atoms with E-state index in [0.29, 0.717) is 26.3 Å². The van der Waals surface area contributed by atoms with E-state index >= 15 is 0 Å². The first kappa shape index (κ1) is 23.4. The van der Waals surface area contributed by atoms with Crippen molar-refractivity contribution in [1.82, 2.24) is 4.57 Å². The highest BCUT2D eigenvalue weighted by Crippen LogP contribution is 2.31. The molecule has 1 atom stereocenters. The molecule has 1 aliphatic heterocycles. The number of aromatic nitrogens is 1. The smallest absolute Gasteiger partial charge is 0.338 e. The number of hydrogen-bond acceptors (Lipinski definition) is 7. The number of nitrogens with zero attached hydrogens (tertiary/aromatic N) is 2. The van der Waals surface area contributed by atoms with Crippen molar-refractivity contribution >= 4 is 40.1 Å². The molecule has 5 rings (SSSR count). The molecule has 1 aromatic heterocycles. The van der Waals surface area contributed by atoms with Gasteiger partial charge in [-0.05, 0) is 47.0 Å². The molecule has 3 aromatic carbocycles. The Bertz CT molecular complexity index is 1720. The summed E-state index contributed by atoms with van der Waals surface area (Å²) in [4.78, 5) is 43.0. The average molecular weight is 499 g/mol. The number of esters is 2. The van der Waals surface area contributed by atoms with E-state index in [0.717, 1.165) is 16.3 Å². The van der Waals surface area contributed by atoms with Crippen LogP contribution in [0.5, 0.6) is 5.75 Å². The van der Waals surface area contributed by atoms with Gasteiger partial charge in [0.2, 0.25) is 0 Å². The summed E-state index contributed by atoms with van der Waals surface area (Å²) in [6.07, 6.45) is 1.87. The highest BCUT2D eigenvalue weighted by atomic mass is 32.1. The Morgan fingerprint density at radius 3 is 2.47 bits per heavy atom. The quantitative estimate of drug-likeness (QED) is 0.318. The number of methoxy groups -OCH3 is 1. The van der Waals surface area contributed by atoms with Crippen LogP contribution >= 0.6 is 11.3 Å². The monoisotopic (exact) mass is 498 g/mol. The minimum atomic E-state index is -0.741. The van der Waals surface area contributed by atoms with Crippen LogP contribution in [-0.2, 0) is 14.3 Å². The van der Waals surface area contributed by atoms with E-state index in [9.17, 15) is 14.4 Å². The molecule has 1 aliphatic rings. The van der Waals surface area contributed by atoms with Crippen molar-refractivity contribution < 1.29 is 19.1 Å². The van der Waals surface area contributed by atoms with E-state index in [1.54, 1.807) is 31.2 Å². The maximum Gasteiger partial charge on any atom is 0.338 e. The lowest BCUT2D eigenvalue weighted by molar-refractivity contribution is -0.136. The summed E-state index contributed by atoms with van der Waals surface area (Å²) < 4.78 is 12.2. The lowest BCUT2D eigenvalue weighted by atomic mass is 9.96. The average Bonchev–Trinajstić information content (AvgIpc) is 3.17. The Hall–Kier alpha value is -4.30. The van der Waals surface area contributed by atoms with Gasteiger partial charge in [-0.15, -0.1) is 0 Å². The molecule has 7 nitrogen and oxygen atoms in total. The predicted octanol–water partition coefficient (Wildman–Crippen LogP) is 3.49. The van der Waals surface area contributed by atoms with Crippen molar-refractivity contribution in [2.45, 2.75) is 19.9 Å². The number of hydrogen-bond donors (Lipinski definition) is 0. The molecule has 8 heteroatoms. The van der Waals surface area contributed by atoms with Crippen molar-refractivity contribution in [3.05, 3.63) is 109 Å². The van der Waals surface area contributed by atoms with Crippen molar-refractivity contribution in [1.29, 1.82) is 0 Å². The fourth-order valence-electron chi connectivity index (χ4n) is 4.41. The molecular formula is C28H22N2O5S. The number of fused-ring (bicyclic) bond motifs is 2. The van der Waals surface area contributed by atoms with Crippen LogP contribution in [0.2, 0.25) is 0 Å². The third kappa shape index (κ3) is 4.16. The van der Waals surface area contributed by atoms with Gasteiger partial charge in [-0.1, -0.05) is 65.9 Å². The normalized spacial score (nSPS) is 15.4. The number of allylic oxidation sites excluding steroid dienone is 1. The van der Waals surface area contributed by atoms with Crippen LogP contribution in [0.1, 0.15) is 31.0 Å². The molecule has 4 aromatic rings. The van der Waals surface area contributed by atoms with Crippen LogP contribution in [-0.4, -0.2) is 23.6 Å². The third-order valence-corrected chi connectivity index (χ3v) is 6.98. The molecule has 180 valence electrons. The van der Waals surface area contributed by atoms with Gasteiger partial charge >= 0.3 is 11.9 Å². The maximum absolute atomic E-state index is 13.8. The van der Waals surface area contributed by atoms with Crippen molar-refractivity contribution in [2.24, 2.45) is 4.99 Å². The highest BCUT2D eigenvalue weighted by Gasteiger charge is 2.33. The van der Waals surface area contributed by atoms with Gasteiger partial charge in [-0.25, -0.2) is 9.79 Å². The van der Waals surface area contributed by atoms with Gasteiger partial charge in [0, 0.05) is 6.92 Å². The summed E-state index contributed by atoms with van der Waals surface area (Å²) in [5.74, 6) is -0.626. The number of carbonyl (C=O) groups excluding carboxylic acids is 2. The summed E-state index contributed by atoms with van der Waals surface area (Å²) in [7, 11) is 1.30. The van der Waals surface area contributed by atoms with E-state index in [1.165, 1.54) is 29.9 Å². The maximum atomic E-state index is 13.8. The van der Waals surface area contributed by atoms with E-state index in [4.69, 9.17) is 9.47 Å². The summed E-state index contributed by atoms with van der Waals surface area (Å²) in [5.41, 5.74) is 2.09. The van der Waals surface area contributed by atoms with Gasteiger partial charge in [0.1, 0.15) is 5.75 Å². The Labute approximate surface area is 210 Å². The molecule has 0 saturated heterocycles. The predicted molar refractivity (Wildman–Crippen MR) is 137 cm³/mol. The number of thiazole rings is 1. The van der Waals surface area contributed by atoms with E-state index in [-0.39, 0.29) is 11.1 Å². The van der Waals surface area contributed by atoms with Gasteiger partial charge in [0.25, 0.3) is 5.56 Å². The third-order valence-electron chi connectivity index (χ3n) is 5.99. The Morgan fingerprint density at radius 2 is 1.75 bits per heavy atom. The second-order valence-electron chi connectivity index (χ2n) is 8.30. The molecule has 0 fully saturated rings. The summed E-state index contributed by atoms with van der Waals surface area (Å²) in [6, 6.07) is 19.9. The number of benzene rings is 3. The Balaban J connectivity index is 1.71. The summed E-state index contributed by atoms with van der Waals surface area (Å²) >= 11 is 1.27. The fraction of sp³-hybridized carbons (Fsp3) is 0.143. The minimum Gasteiger partial charge on any atom is -0.466 e. The van der Waals surface area contributed by atoms with Gasteiger partial charge in [-0.2, -0.15) is 0 Å². The highest BCUT2D eigenvalue weighted by molar-refractivity contribution is 7.07. The molecule has 36 heavy (non-hydrogen) atoms. The zero-order valence-electron chi connectivity index (χ0n) is 19.8. The fourth-order valence-corrected chi connectivity index (χ4v) is 5.45. The Kier molecular flexibility index (Phi) is 6.12. The topological polar surface area (TPSA) is 87.0 Å². The van der Waals surface area contributed by atoms with Gasteiger partial charge in [0.15, 0.2) is 4.80 Å². The zero-order chi connectivity index (χ0) is 25.4. The number of ether oxygens (including phenoxy) is 2. The SMILES string of the molecule is COC(=O)C1=C(C)N=c2s/c(=C\c3cccc4ccccc34)c(=O)n2[C@H]1c1ccc(OC(C)=O)cc1. The van der Waals surface area contributed by atoms with Gasteiger partial charge in [0.05, 0.1) is 29.0 Å². The van der Waals surface area contributed by atoms with E-state index < -0.39 is 18.0 Å². The molecular weight excluding hydrogens is 476 g/mol. The zero-order valence-corrected chi connectivity index (χ0v) is 20.7. The molecule has 0 spiro atoms. The molecule has 0 bridgehead atoms. The standard InChI is InChI=1S/C28H22N2O5S/c1-16-24(27(33)34-3)25(19-11-13-21(14-12-19)35-17(2)31)30-26(32)23(36-28(30)29-16)15-20-9-6-8-18-7-4-5-10-22(18)20/h4-15,25H,1-3H3/b23-15-/t25-/m0/s1. The number of rotatable bonds is 4. The molecule has 0 aliphatic carbocycles. The molecule has 0 radical (unpaired) electrons. The summed E-state index contributed by atoms with van der Waals surface area (Å²) in [5, 5.41) is 2.11. The van der Waals surface area contributed by atoms with Crippen LogP contribution < -0.4 is 19.6 Å². The molecule has 0 N–H and O–H groups in total. The lowest BCUT2D eigenvalue weighted by Gasteiger charge is -2.24. The van der Waals surface area contributed by atoms with Crippen LogP contribution in [0.3, 0.4) is 0 Å². The minimum absolute atomic E-state index is 0.255. The first-order chi connectivity index (χ1) is 17.4. The second kappa shape index (κ2) is 9.39. The first-order valence-corrected chi connectivity index (χ1v) is 12.1. The molecule has 0 amide bonds. The van der Waals surface area contributed by atoms with Crippen molar-refractivity contribution in [3.8, 4) is 5.75 Å². The van der Waals surface area contributed by atoms with Crippen LogP contribution in [0.4, 0.5) is 0 Å². The molecule has 0 saturated carbocycles. The van der Waals surface area contributed by atoms with E-state index in [1.807, 2.05) is 48.5 Å². The first-order valence-electron chi connectivity index (χ1n) is 11.2. The second-order valence-corrected chi connectivity index (χ2v) is 9.31. The largest absolute Gasteiger partial charge is 0.466 e. The summed E-state index contributed by atoms with van der Waals surface area (Å²) in [6.45, 7) is 3.05. The Morgan fingerprint density at radius 1 is 1.03 bits per heavy atom. The van der Waals surface area contributed by atoms with Gasteiger partial charge < -0.3 is 9.47 Å². The van der Waals surface area contributed by atoms with Gasteiger partial charge in [-0.3, -0.25) is 14.2 Å². The van der Waals surface area contributed by atoms with E-state index in [2.05, 4.69) is 4.99 Å². The van der Waals surface area contributed by atoms with Crippen molar-refractivity contribution in [3.63, 3.8) is 0 Å². The number of carbonyl (C=O) groups is 2. The van der Waals surface area contributed by atoms with Crippen molar-refractivity contribution in [2.75, 3.05) is 7.11 Å². The van der Waals surface area contributed by atoms with Crippen LogP contribution in [0, 0.1) is 0 Å².